The Morgan fingerprint density at radius 1 is 1.44 bits per heavy atom. The minimum absolute atomic E-state index is 0.101. The summed E-state index contributed by atoms with van der Waals surface area (Å²) in [5.41, 5.74) is 6.98. The monoisotopic (exact) mass is 250 g/mol. The number of carbonyl (C=O) groups excluding carboxylic acids is 1. The topological polar surface area (TPSA) is 135 Å². The van der Waals surface area contributed by atoms with Crippen molar-refractivity contribution >= 4 is 11.7 Å². The van der Waals surface area contributed by atoms with Crippen LogP contribution in [0.5, 0.6) is 0 Å². The minimum atomic E-state index is -0.663. The molecule has 0 bridgehead atoms. The van der Waals surface area contributed by atoms with Crippen molar-refractivity contribution in [3.63, 3.8) is 0 Å². The fourth-order valence-corrected chi connectivity index (χ4v) is 1.89. The number of nitrogens with zero attached hydrogens (tertiary/aromatic N) is 4. The molecule has 1 aliphatic heterocycles. The van der Waals surface area contributed by atoms with Crippen LogP contribution in [0.25, 0.3) is 10.4 Å². The van der Waals surface area contributed by atoms with E-state index in [1.54, 1.807) is 0 Å². The molecule has 1 aliphatic rings. The van der Waals surface area contributed by atoms with Crippen LogP contribution in [0.4, 0.5) is 5.82 Å². The van der Waals surface area contributed by atoms with Crippen molar-refractivity contribution in [2.75, 3.05) is 18.0 Å². The Morgan fingerprint density at radius 3 is 2.89 bits per heavy atom. The number of aromatic amines is 2. The summed E-state index contributed by atoms with van der Waals surface area (Å²) in [4.78, 5) is 42.3. The molecule has 0 radical (unpaired) electrons. The van der Waals surface area contributed by atoms with Gasteiger partial charge in [0.2, 0.25) is 5.91 Å². The zero-order valence-corrected chi connectivity index (χ0v) is 9.29. The van der Waals surface area contributed by atoms with Gasteiger partial charge in [-0.15, -0.1) is 0 Å². The lowest BCUT2D eigenvalue weighted by atomic mass is 10.1. The van der Waals surface area contributed by atoms with Crippen molar-refractivity contribution < 1.29 is 4.79 Å². The molecule has 1 atom stereocenters. The van der Waals surface area contributed by atoms with Crippen LogP contribution in [0.2, 0.25) is 0 Å². The number of amides is 1. The van der Waals surface area contributed by atoms with E-state index in [0.717, 1.165) is 6.07 Å². The average Bonchev–Trinajstić information content (AvgIpc) is 2.66. The van der Waals surface area contributed by atoms with Gasteiger partial charge in [0.25, 0.3) is 5.56 Å². The van der Waals surface area contributed by atoms with Crippen LogP contribution in [0.15, 0.2) is 20.8 Å². The molecule has 1 fully saturated rings. The lowest BCUT2D eigenvalue weighted by Gasteiger charge is -2.14. The molecule has 0 aliphatic carbocycles. The SMILES string of the molecule is [N-]=[N+]=NCC1CC(=O)N(c2cc(=O)[nH]c(=O)[nH]2)C1. The summed E-state index contributed by atoms with van der Waals surface area (Å²) in [5, 5.41) is 3.41. The normalized spacial score (nSPS) is 18.8. The predicted octanol–water partition coefficient (Wildman–Crippen LogP) is -0.274. The fraction of sp³-hybridized carbons (Fsp3) is 0.444. The van der Waals surface area contributed by atoms with Crippen LogP contribution < -0.4 is 16.1 Å². The van der Waals surface area contributed by atoms with E-state index in [-0.39, 0.29) is 30.6 Å². The van der Waals surface area contributed by atoms with E-state index < -0.39 is 11.2 Å². The molecule has 1 amide bonds. The summed E-state index contributed by atoms with van der Waals surface area (Å²) in [6.45, 7) is 0.531. The number of hydrogen-bond donors (Lipinski definition) is 2. The van der Waals surface area contributed by atoms with Crippen molar-refractivity contribution in [1.82, 2.24) is 9.97 Å². The second kappa shape index (κ2) is 4.76. The fourth-order valence-electron chi connectivity index (χ4n) is 1.89. The molecule has 2 rings (SSSR count). The lowest BCUT2D eigenvalue weighted by Crippen LogP contribution is -2.31. The Bertz CT molecular complexity index is 597. The van der Waals surface area contributed by atoms with E-state index in [2.05, 4.69) is 15.0 Å². The third kappa shape index (κ3) is 2.41. The maximum absolute atomic E-state index is 11.7. The van der Waals surface area contributed by atoms with Crippen molar-refractivity contribution in [3.05, 3.63) is 37.3 Å². The first-order valence-electron chi connectivity index (χ1n) is 5.25. The van der Waals surface area contributed by atoms with Gasteiger partial charge >= 0.3 is 5.69 Å². The molecule has 94 valence electrons. The van der Waals surface area contributed by atoms with Crippen molar-refractivity contribution in [1.29, 1.82) is 0 Å². The molecular formula is C9H10N6O3. The second-order valence-electron chi connectivity index (χ2n) is 3.96. The number of anilines is 1. The maximum atomic E-state index is 11.7. The Kier molecular flexibility index (Phi) is 3.16. The molecule has 1 aromatic rings. The number of H-pyrrole nitrogens is 2. The first-order valence-corrected chi connectivity index (χ1v) is 5.25. The largest absolute Gasteiger partial charge is 0.327 e. The molecule has 1 unspecified atom stereocenters. The molecule has 1 aromatic heterocycles. The standard InChI is InChI=1S/C9H10N6O3/c10-14-11-3-5-1-8(17)15(4-5)6-2-7(16)13-9(18)12-6/h2,5H,1,3-4H2,(H2,12,13,16,18). The molecule has 1 saturated heterocycles. The van der Waals surface area contributed by atoms with Gasteiger partial charge in [-0.1, -0.05) is 5.11 Å². The van der Waals surface area contributed by atoms with E-state index in [1.165, 1.54) is 4.90 Å². The zero-order valence-electron chi connectivity index (χ0n) is 9.29. The maximum Gasteiger partial charge on any atom is 0.327 e. The summed E-state index contributed by atoms with van der Waals surface area (Å²) in [7, 11) is 0. The number of rotatable bonds is 3. The lowest BCUT2D eigenvalue weighted by molar-refractivity contribution is -0.117. The van der Waals surface area contributed by atoms with E-state index >= 15 is 0 Å². The highest BCUT2D eigenvalue weighted by molar-refractivity contribution is 5.94. The van der Waals surface area contributed by atoms with Gasteiger partial charge < -0.3 is 0 Å². The van der Waals surface area contributed by atoms with E-state index in [9.17, 15) is 14.4 Å². The number of aromatic nitrogens is 2. The molecule has 9 heteroatoms. The molecule has 0 aromatic carbocycles. The summed E-state index contributed by atoms with van der Waals surface area (Å²) in [6.07, 6.45) is 0.230. The average molecular weight is 250 g/mol. The summed E-state index contributed by atoms with van der Waals surface area (Å²) >= 11 is 0. The Balaban J connectivity index is 2.23. The Hall–Kier alpha value is -2.54. The zero-order chi connectivity index (χ0) is 13.1. The third-order valence-corrected chi connectivity index (χ3v) is 2.65. The van der Waals surface area contributed by atoms with Gasteiger partial charge in [-0.25, -0.2) is 4.79 Å². The Morgan fingerprint density at radius 2 is 2.22 bits per heavy atom. The van der Waals surface area contributed by atoms with Crippen LogP contribution in [-0.2, 0) is 4.79 Å². The van der Waals surface area contributed by atoms with E-state index in [1.807, 2.05) is 4.98 Å². The molecule has 0 saturated carbocycles. The number of nitrogens with one attached hydrogen (secondary N) is 2. The van der Waals surface area contributed by atoms with Crippen molar-refractivity contribution in [2.45, 2.75) is 6.42 Å². The number of azide groups is 1. The van der Waals surface area contributed by atoms with Gasteiger partial charge in [-0.3, -0.25) is 24.5 Å². The van der Waals surface area contributed by atoms with Crippen molar-refractivity contribution in [2.24, 2.45) is 11.0 Å². The summed E-state index contributed by atoms with van der Waals surface area (Å²) in [5.74, 6) is -0.150. The van der Waals surface area contributed by atoms with Crippen LogP contribution in [0, 0.1) is 5.92 Å². The van der Waals surface area contributed by atoms with Gasteiger partial charge in [0.15, 0.2) is 0 Å². The molecule has 9 nitrogen and oxygen atoms in total. The summed E-state index contributed by atoms with van der Waals surface area (Å²) < 4.78 is 0. The van der Waals surface area contributed by atoms with E-state index in [0.29, 0.717) is 6.54 Å². The molecule has 0 spiro atoms. The predicted molar refractivity (Wildman–Crippen MR) is 62.2 cm³/mol. The highest BCUT2D eigenvalue weighted by Crippen LogP contribution is 2.22. The smallest absolute Gasteiger partial charge is 0.298 e. The summed E-state index contributed by atoms with van der Waals surface area (Å²) in [6, 6.07) is 1.15. The van der Waals surface area contributed by atoms with Gasteiger partial charge in [0.1, 0.15) is 5.82 Å². The van der Waals surface area contributed by atoms with Gasteiger partial charge in [-0.2, -0.15) is 0 Å². The first kappa shape index (κ1) is 11.9. The van der Waals surface area contributed by atoms with E-state index in [4.69, 9.17) is 5.53 Å². The van der Waals surface area contributed by atoms with Gasteiger partial charge in [0.05, 0.1) is 0 Å². The van der Waals surface area contributed by atoms with Crippen LogP contribution in [0.1, 0.15) is 6.42 Å². The molecular weight excluding hydrogens is 240 g/mol. The number of hydrogen-bond acceptors (Lipinski definition) is 4. The van der Waals surface area contributed by atoms with Crippen LogP contribution in [0.3, 0.4) is 0 Å². The first-order chi connectivity index (χ1) is 8.60. The molecule has 2 N–H and O–H groups in total. The number of carbonyl (C=O) groups is 1. The van der Waals surface area contributed by atoms with Crippen LogP contribution in [-0.4, -0.2) is 29.0 Å². The van der Waals surface area contributed by atoms with Crippen molar-refractivity contribution in [3.8, 4) is 0 Å². The minimum Gasteiger partial charge on any atom is -0.298 e. The molecule has 2 heterocycles. The van der Waals surface area contributed by atoms with Gasteiger partial charge in [0, 0.05) is 30.5 Å². The quantitative estimate of drug-likeness (QED) is 0.434. The second-order valence-corrected chi connectivity index (χ2v) is 3.96. The van der Waals surface area contributed by atoms with Crippen LogP contribution >= 0.6 is 0 Å². The third-order valence-electron chi connectivity index (χ3n) is 2.65. The highest BCUT2D eigenvalue weighted by Gasteiger charge is 2.30. The highest BCUT2D eigenvalue weighted by atomic mass is 16.2. The van der Waals surface area contributed by atoms with Gasteiger partial charge in [-0.05, 0) is 11.4 Å². The Labute approximate surface area is 100 Å². The molecule has 18 heavy (non-hydrogen) atoms.